The molecule has 1 aliphatic rings. The van der Waals surface area contributed by atoms with Crippen LogP contribution in [0.1, 0.15) is 23.1 Å². The molecule has 0 saturated carbocycles. The minimum absolute atomic E-state index is 0.104. The lowest BCUT2D eigenvalue weighted by Gasteiger charge is -2.13. The molecule has 0 atom stereocenters. The molecular weight excluding hydrogens is 406 g/mol. The molecule has 150 valence electrons. The number of nitrogens with zero attached hydrogens (tertiary/aromatic N) is 1. The summed E-state index contributed by atoms with van der Waals surface area (Å²) in [5.41, 5.74) is 3.07. The zero-order valence-corrected chi connectivity index (χ0v) is 17.8. The first-order valence-corrected chi connectivity index (χ1v) is 10.3. The van der Waals surface area contributed by atoms with Gasteiger partial charge in [-0.2, -0.15) is 0 Å². The molecule has 0 spiro atoms. The molecule has 0 unspecified atom stereocenters. The first-order chi connectivity index (χ1) is 14.0. The summed E-state index contributed by atoms with van der Waals surface area (Å²) >= 11 is 6.53. The van der Waals surface area contributed by atoms with Crippen molar-refractivity contribution in [3.05, 3.63) is 70.1 Å². The van der Waals surface area contributed by atoms with Gasteiger partial charge in [-0.1, -0.05) is 66.4 Å². The molecule has 1 heterocycles. The number of rotatable bonds is 7. The number of carbonyl (C=O) groups is 2. The number of carbonyl (C=O) groups excluding carboxylic acids is 2. The summed E-state index contributed by atoms with van der Waals surface area (Å²) in [6, 6.07) is 15.6. The molecule has 1 amide bonds. The van der Waals surface area contributed by atoms with Crippen molar-refractivity contribution >= 4 is 46.3 Å². The number of benzene rings is 2. The van der Waals surface area contributed by atoms with Crippen LogP contribution >= 0.6 is 24.0 Å². The average Bonchev–Trinajstić information content (AvgIpc) is 2.99. The molecule has 0 aliphatic carbocycles. The Bertz CT molecular complexity index is 971. The molecule has 0 aromatic heterocycles. The lowest BCUT2D eigenvalue weighted by molar-refractivity contribution is -0.140. The van der Waals surface area contributed by atoms with Crippen molar-refractivity contribution < 1.29 is 19.1 Å². The van der Waals surface area contributed by atoms with Gasteiger partial charge in [0.2, 0.25) is 0 Å². The maximum atomic E-state index is 12.7. The Kier molecular flexibility index (Phi) is 7.06. The van der Waals surface area contributed by atoms with E-state index in [-0.39, 0.29) is 24.8 Å². The number of hydrogen-bond acceptors (Lipinski definition) is 6. The summed E-state index contributed by atoms with van der Waals surface area (Å²) in [6.45, 7) is 2.70. The van der Waals surface area contributed by atoms with Gasteiger partial charge in [-0.3, -0.25) is 14.5 Å². The summed E-state index contributed by atoms with van der Waals surface area (Å²) in [6.07, 6.45) is 1.89. The van der Waals surface area contributed by atoms with E-state index in [1.54, 1.807) is 6.08 Å². The Morgan fingerprint density at radius 3 is 2.66 bits per heavy atom. The second-order valence-corrected chi connectivity index (χ2v) is 8.09. The van der Waals surface area contributed by atoms with E-state index in [0.29, 0.717) is 21.6 Å². The van der Waals surface area contributed by atoms with Gasteiger partial charge in [-0.05, 0) is 30.2 Å². The molecular formula is C22H21NO4S2. The molecule has 2 aromatic carbocycles. The van der Waals surface area contributed by atoms with E-state index in [4.69, 9.17) is 17.0 Å². The van der Waals surface area contributed by atoms with Crippen molar-refractivity contribution in [1.29, 1.82) is 0 Å². The van der Waals surface area contributed by atoms with Gasteiger partial charge in [-0.15, -0.1) is 0 Å². The number of methoxy groups -OCH3 is 1. The summed E-state index contributed by atoms with van der Waals surface area (Å²) in [7, 11) is 1.32. The Labute approximate surface area is 179 Å². The fourth-order valence-corrected chi connectivity index (χ4v) is 4.10. The monoisotopic (exact) mass is 427 g/mol. The summed E-state index contributed by atoms with van der Waals surface area (Å²) in [4.78, 5) is 26.0. The van der Waals surface area contributed by atoms with E-state index in [1.165, 1.54) is 23.8 Å². The number of hydrogen-bond donors (Lipinski definition) is 0. The number of ether oxygens (including phenoxy) is 2. The molecule has 5 nitrogen and oxygen atoms in total. The molecule has 1 fully saturated rings. The summed E-state index contributed by atoms with van der Waals surface area (Å²) in [5.74, 6) is 0.103. The van der Waals surface area contributed by atoms with Crippen LogP contribution in [0.4, 0.5) is 0 Å². The minimum atomic E-state index is -0.377. The van der Waals surface area contributed by atoms with E-state index in [1.807, 2.05) is 55.5 Å². The van der Waals surface area contributed by atoms with Gasteiger partial charge in [0.25, 0.3) is 5.91 Å². The van der Waals surface area contributed by atoms with Crippen LogP contribution in [-0.4, -0.2) is 34.8 Å². The lowest BCUT2D eigenvalue weighted by Crippen LogP contribution is -2.30. The van der Waals surface area contributed by atoms with Gasteiger partial charge >= 0.3 is 5.97 Å². The number of aryl methyl sites for hydroxylation is 1. The highest BCUT2D eigenvalue weighted by Crippen LogP contribution is 2.34. The third-order valence-electron chi connectivity index (χ3n) is 4.49. The van der Waals surface area contributed by atoms with Crippen molar-refractivity contribution in [1.82, 2.24) is 4.90 Å². The highest BCUT2D eigenvalue weighted by Gasteiger charge is 2.32. The molecule has 0 radical (unpaired) electrons. The predicted molar refractivity (Wildman–Crippen MR) is 118 cm³/mol. The molecule has 3 rings (SSSR count). The second-order valence-electron chi connectivity index (χ2n) is 6.41. The standard InChI is InChI=1S/C22H21NO4S2/c1-15-7-3-4-9-17(15)14-27-18-10-6-5-8-16(18)13-19-21(25)23(22(28)29-19)12-11-20(24)26-2/h3-10,13H,11-12,14H2,1-2H3/b19-13+. The first kappa shape index (κ1) is 21.1. The molecule has 0 bridgehead atoms. The Morgan fingerprint density at radius 1 is 1.17 bits per heavy atom. The van der Waals surface area contributed by atoms with Gasteiger partial charge in [0.05, 0.1) is 18.4 Å². The first-order valence-electron chi connectivity index (χ1n) is 9.08. The van der Waals surface area contributed by atoms with Crippen LogP contribution in [0.25, 0.3) is 6.08 Å². The maximum Gasteiger partial charge on any atom is 0.307 e. The highest BCUT2D eigenvalue weighted by atomic mass is 32.2. The normalized spacial score (nSPS) is 15.1. The zero-order chi connectivity index (χ0) is 20.8. The van der Waals surface area contributed by atoms with Gasteiger partial charge in [0.1, 0.15) is 16.7 Å². The summed E-state index contributed by atoms with van der Waals surface area (Å²) < 4.78 is 11.1. The number of esters is 1. The smallest absolute Gasteiger partial charge is 0.307 e. The molecule has 29 heavy (non-hydrogen) atoms. The average molecular weight is 428 g/mol. The van der Waals surface area contributed by atoms with Crippen LogP contribution in [0.5, 0.6) is 5.75 Å². The molecule has 1 saturated heterocycles. The van der Waals surface area contributed by atoms with Crippen molar-refractivity contribution in [3.63, 3.8) is 0 Å². The van der Waals surface area contributed by atoms with Crippen LogP contribution in [0.3, 0.4) is 0 Å². The largest absolute Gasteiger partial charge is 0.488 e. The highest BCUT2D eigenvalue weighted by molar-refractivity contribution is 8.26. The van der Waals surface area contributed by atoms with Gasteiger partial charge < -0.3 is 9.47 Å². The summed E-state index contributed by atoms with van der Waals surface area (Å²) in [5, 5.41) is 0. The van der Waals surface area contributed by atoms with Gasteiger partial charge in [-0.25, -0.2) is 0 Å². The number of thioether (sulfide) groups is 1. The number of para-hydroxylation sites is 1. The third kappa shape index (κ3) is 5.25. The van der Waals surface area contributed by atoms with Crippen LogP contribution in [0, 0.1) is 6.92 Å². The van der Waals surface area contributed by atoms with E-state index >= 15 is 0 Å². The molecule has 1 aliphatic heterocycles. The van der Waals surface area contributed by atoms with Gasteiger partial charge in [0.15, 0.2) is 0 Å². The molecule has 2 aromatic rings. The Hall–Kier alpha value is -2.64. The SMILES string of the molecule is COC(=O)CCN1C(=O)/C(=C\c2ccccc2OCc2ccccc2C)SC1=S. The van der Waals surface area contributed by atoms with Crippen molar-refractivity contribution in [2.75, 3.05) is 13.7 Å². The van der Waals surface area contributed by atoms with E-state index in [2.05, 4.69) is 4.74 Å². The maximum absolute atomic E-state index is 12.7. The molecule has 7 heteroatoms. The predicted octanol–water partition coefficient (Wildman–Crippen LogP) is 4.34. The second kappa shape index (κ2) is 9.71. The van der Waals surface area contributed by atoms with Crippen LogP contribution < -0.4 is 4.74 Å². The van der Waals surface area contributed by atoms with E-state index in [9.17, 15) is 9.59 Å². The van der Waals surface area contributed by atoms with Crippen LogP contribution in [0.15, 0.2) is 53.4 Å². The van der Waals surface area contributed by atoms with Crippen molar-refractivity contribution in [3.8, 4) is 5.75 Å². The van der Waals surface area contributed by atoms with Crippen LogP contribution in [-0.2, 0) is 20.9 Å². The third-order valence-corrected chi connectivity index (χ3v) is 5.87. The van der Waals surface area contributed by atoms with E-state index in [0.717, 1.165) is 16.7 Å². The fourth-order valence-electron chi connectivity index (χ4n) is 2.80. The van der Waals surface area contributed by atoms with Crippen LogP contribution in [0.2, 0.25) is 0 Å². The van der Waals surface area contributed by atoms with E-state index < -0.39 is 0 Å². The van der Waals surface area contributed by atoms with Crippen molar-refractivity contribution in [2.24, 2.45) is 0 Å². The number of thiocarbonyl (C=S) groups is 1. The van der Waals surface area contributed by atoms with Crippen molar-refractivity contribution in [2.45, 2.75) is 20.0 Å². The number of amides is 1. The zero-order valence-electron chi connectivity index (χ0n) is 16.2. The lowest BCUT2D eigenvalue weighted by atomic mass is 10.1. The Balaban J connectivity index is 1.75. The minimum Gasteiger partial charge on any atom is -0.488 e. The molecule has 0 N–H and O–H groups in total. The van der Waals surface area contributed by atoms with Gasteiger partial charge in [0, 0.05) is 12.1 Å². The Morgan fingerprint density at radius 2 is 1.90 bits per heavy atom. The quantitative estimate of drug-likeness (QED) is 0.372. The fraction of sp³-hybridized carbons (Fsp3) is 0.227. The topological polar surface area (TPSA) is 55.8 Å².